The molecule has 6 nitrogen and oxygen atoms in total. The summed E-state index contributed by atoms with van der Waals surface area (Å²) in [6.45, 7) is 0.258. The number of furan rings is 1. The third-order valence-electron chi connectivity index (χ3n) is 4.24. The summed E-state index contributed by atoms with van der Waals surface area (Å²) in [5.74, 6) is -0.609. The van der Waals surface area contributed by atoms with Crippen molar-refractivity contribution in [1.82, 2.24) is 10.2 Å². The smallest absolute Gasteiger partial charge is 0.293 e. The van der Waals surface area contributed by atoms with E-state index in [1.807, 2.05) is 0 Å². The number of imide groups is 1. The van der Waals surface area contributed by atoms with Crippen molar-refractivity contribution in [3.05, 3.63) is 24.2 Å². The van der Waals surface area contributed by atoms with Crippen LogP contribution < -0.4 is 11.1 Å². The molecule has 0 aliphatic carbocycles. The number of hydrogen-bond acceptors (Lipinski definition) is 5. The minimum Gasteiger partial charge on any atom is -0.459 e. The van der Waals surface area contributed by atoms with Gasteiger partial charge in [-0.3, -0.25) is 19.8 Å². The quantitative estimate of drug-likeness (QED) is 0.839. The fraction of sp³-hybridized carbons (Fsp3) is 0.571. The Morgan fingerprint density at radius 2 is 2.05 bits per heavy atom. The van der Waals surface area contributed by atoms with Crippen LogP contribution >= 0.6 is 0 Å². The molecule has 0 saturated carbocycles. The Hall–Kier alpha value is -1.66. The van der Waals surface area contributed by atoms with Crippen molar-refractivity contribution in [3.63, 3.8) is 0 Å². The maximum atomic E-state index is 12.0. The van der Waals surface area contributed by atoms with Gasteiger partial charge < -0.3 is 10.2 Å². The maximum absolute atomic E-state index is 12.0. The van der Waals surface area contributed by atoms with Crippen LogP contribution in [-0.4, -0.2) is 41.4 Å². The van der Waals surface area contributed by atoms with E-state index in [9.17, 15) is 9.59 Å². The summed E-state index contributed by atoms with van der Waals surface area (Å²) in [6.07, 6.45) is 5.48. The van der Waals surface area contributed by atoms with Gasteiger partial charge in [0.1, 0.15) is 0 Å². The van der Waals surface area contributed by atoms with Crippen LogP contribution in [0.25, 0.3) is 0 Å². The summed E-state index contributed by atoms with van der Waals surface area (Å²) < 4.78 is 4.96. The topological polar surface area (TPSA) is 88.6 Å². The molecule has 2 unspecified atom stereocenters. The van der Waals surface area contributed by atoms with Crippen molar-refractivity contribution in [2.24, 2.45) is 5.73 Å². The first-order valence-corrected chi connectivity index (χ1v) is 7.02. The fourth-order valence-corrected chi connectivity index (χ4v) is 3.38. The molecular formula is C14H19N3O3. The van der Waals surface area contributed by atoms with Crippen LogP contribution in [0.15, 0.2) is 22.8 Å². The first-order chi connectivity index (χ1) is 9.63. The molecule has 3 N–H and O–H groups in total. The molecule has 2 fully saturated rings. The summed E-state index contributed by atoms with van der Waals surface area (Å²) in [6, 6.07) is 4.16. The van der Waals surface area contributed by atoms with E-state index in [1.54, 1.807) is 6.07 Å². The van der Waals surface area contributed by atoms with Gasteiger partial charge in [-0.1, -0.05) is 0 Å². The summed E-state index contributed by atoms with van der Waals surface area (Å²) in [5.41, 5.74) is 6.00. The average Bonchev–Trinajstić information content (AvgIpc) is 2.99. The van der Waals surface area contributed by atoms with Crippen LogP contribution in [0, 0.1) is 0 Å². The first-order valence-electron chi connectivity index (χ1n) is 7.02. The molecule has 0 spiro atoms. The lowest BCUT2D eigenvalue weighted by molar-refractivity contribution is -0.122. The molecule has 2 saturated heterocycles. The predicted molar refractivity (Wildman–Crippen MR) is 71.9 cm³/mol. The Balaban J connectivity index is 1.56. The van der Waals surface area contributed by atoms with Crippen LogP contribution in [-0.2, 0) is 4.79 Å². The lowest BCUT2D eigenvalue weighted by Crippen LogP contribution is -2.51. The number of carbonyl (C=O) groups is 2. The molecule has 20 heavy (non-hydrogen) atoms. The second kappa shape index (κ2) is 5.38. The summed E-state index contributed by atoms with van der Waals surface area (Å²) in [4.78, 5) is 25.9. The highest BCUT2D eigenvalue weighted by atomic mass is 16.3. The van der Waals surface area contributed by atoms with Crippen molar-refractivity contribution in [3.8, 4) is 0 Å². The van der Waals surface area contributed by atoms with Crippen LogP contribution in [0.1, 0.15) is 36.2 Å². The van der Waals surface area contributed by atoms with Crippen molar-refractivity contribution in [2.75, 3.05) is 6.54 Å². The van der Waals surface area contributed by atoms with E-state index in [-0.39, 0.29) is 24.3 Å². The first kappa shape index (κ1) is 13.3. The average molecular weight is 277 g/mol. The van der Waals surface area contributed by atoms with Gasteiger partial charge >= 0.3 is 0 Å². The number of nitrogens with one attached hydrogen (secondary N) is 1. The largest absolute Gasteiger partial charge is 0.459 e. The van der Waals surface area contributed by atoms with Gasteiger partial charge in [0.15, 0.2) is 5.76 Å². The Bertz CT molecular complexity index is 486. The number of hydrogen-bond donors (Lipinski definition) is 2. The molecule has 108 valence electrons. The van der Waals surface area contributed by atoms with Gasteiger partial charge in [-0.25, -0.2) is 0 Å². The molecule has 0 aromatic carbocycles. The highest BCUT2D eigenvalue weighted by molar-refractivity contribution is 6.03. The van der Waals surface area contributed by atoms with Crippen LogP contribution in [0.2, 0.25) is 0 Å². The molecule has 1 aromatic rings. The zero-order valence-corrected chi connectivity index (χ0v) is 11.2. The Kier molecular flexibility index (Phi) is 3.58. The summed E-state index contributed by atoms with van der Waals surface area (Å²) in [5, 5.41) is 2.37. The molecule has 6 heteroatoms. The molecule has 3 heterocycles. The fourth-order valence-electron chi connectivity index (χ4n) is 3.38. The number of piperidine rings is 1. The van der Waals surface area contributed by atoms with Gasteiger partial charge in [0.2, 0.25) is 5.91 Å². The highest BCUT2D eigenvalue weighted by Gasteiger charge is 2.40. The normalized spacial score (nSPS) is 29.4. The number of nitrogens with zero attached hydrogens (tertiary/aromatic N) is 1. The molecule has 1 aromatic heterocycles. The highest BCUT2D eigenvalue weighted by Crippen LogP contribution is 2.34. The van der Waals surface area contributed by atoms with E-state index >= 15 is 0 Å². The van der Waals surface area contributed by atoms with Crippen LogP contribution in [0.4, 0.5) is 0 Å². The van der Waals surface area contributed by atoms with Crippen LogP contribution in [0.5, 0.6) is 0 Å². The summed E-state index contributed by atoms with van der Waals surface area (Å²) >= 11 is 0. The lowest BCUT2D eigenvalue weighted by Gasteiger charge is -2.36. The molecule has 2 amide bonds. The SMILES string of the molecule is NC1CC2CCC(C1)N2CC(=O)NC(=O)c1ccco1. The second-order valence-corrected chi connectivity index (χ2v) is 5.64. The molecule has 2 aliphatic heterocycles. The number of nitrogens with two attached hydrogens (primary N) is 1. The molecule has 3 rings (SSSR count). The van der Waals surface area contributed by atoms with Gasteiger partial charge in [-0.15, -0.1) is 0 Å². The van der Waals surface area contributed by atoms with Crippen molar-refractivity contribution in [2.45, 2.75) is 43.8 Å². The monoisotopic (exact) mass is 277 g/mol. The zero-order chi connectivity index (χ0) is 14.1. The van der Waals surface area contributed by atoms with E-state index in [1.165, 1.54) is 12.3 Å². The van der Waals surface area contributed by atoms with Crippen LogP contribution in [0.3, 0.4) is 0 Å². The number of carbonyl (C=O) groups excluding carboxylic acids is 2. The third kappa shape index (κ3) is 2.62. The third-order valence-corrected chi connectivity index (χ3v) is 4.24. The Labute approximate surface area is 117 Å². The minimum absolute atomic E-state index is 0.155. The number of rotatable bonds is 3. The molecule has 2 bridgehead atoms. The van der Waals surface area contributed by atoms with Crippen molar-refractivity contribution < 1.29 is 14.0 Å². The molecule has 2 aliphatic rings. The summed E-state index contributed by atoms with van der Waals surface area (Å²) in [7, 11) is 0. The van der Waals surface area contributed by atoms with Gasteiger partial charge in [0.05, 0.1) is 12.8 Å². The second-order valence-electron chi connectivity index (χ2n) is 5.64. The predicted octanol–water partition coefficient (Wildman–Crippen LogP) is 0.490. The Morgan fingerprint density at radius 1 is 1.35 bits per heavy atom. The van der Waals surface area contributed by atoms with E-state index in [0.29, 0.717) is 12.1 Å². The number of fused-ring (bicyclic) bond motifs is 2. The van der Waals surface area contributed by atoms with Gasteiger partial charge in [0.25, 0.3) is 5.91 Å². The molecule has 0 radical (unpaired) electrons. The van der Waals surface area contributed by atoms with E-state index in [0.717, 1.165) is 25.7 Å². The molecular weight excluding hydrogens is 258 g/mol. The van der Waals surface area contributed by atoms with Crippen molar-refractivity contribution >= 4 is 11.8 Å². The van der Waals surface area contributed by atoms with E-state index in [4.69, 9.17) is 10.2 Å². The van der Waals surface area contributed by atoms with Crippen molar-refractivity contribution in [1.29, 1.82) is 0 Å². The van der Waals surface area contributed by atoms with E-state index in [2.05, 4.69) is 10.2 Å². The Morgan fingerprint density at radius 3 is 2.65 bits per heavy atom. The van der Waals surface area contributed by atoms with Gasteiger partial charge in [-0.05, 0) is 37.8 Å². The zero-order valence-electron chi connectivity index (χ0n) is 11.2. The van der Waals surface area contributed by atoms with E-state index < -0.39 is 5.91 Å². The number of amides is 2. The minimum atomic E-state index is -0.485. The molecule has 2 atom stereocenters. The standard InChI is InChI=1S/C14H19N3O3/c15-9-6-10-3-4-11(7-9)17(10)8-13(18)16-14(19)12-2-1-5-20-12/h1-2,5,9-11H,3-4,6-8,15H2,(H,16,18,19). The maximum Gasteiger partial charge on any atom is 0.293 e. The van der Waals surface area contributed by atoms with Gasteiger partial charge in [-0.2, -0.15) is 0 Å². The van der Waals surface area contributed by atoms with Gasteiger partial charge in [0, 0.05) is 18.1 Å². The lowest BCUT2D eigenvalue weighted by atomic mass is 9.98.